The van der Waals surface area contributed by atoms with Gasteiger partial charge >= 0.3 is 12.1 Å². The number of carbonyl (C=O) groups excluding carboxylic acids is 2. The maximum absolute atomic E-state index is 11.9. The van der Waals surface area contributed by atoms with Crippen LogP contribution >= 0.6 is 0 Å². The van der Waals surface area contributed by atoms with Crippen molar-refractivity contribution in [2.24, 2.45) is 0 Å². The molecular weight excluding hydrogens is 400 g/mol. The minimum Gasteiger partial charge on any atom is -0.465 e. The van der Waals surface area contributed by atoms with Gasteiger partial charge in [-0.3, -0.25) is 5.32 Å². The third-order valence-corrected chi connectivity index (χ3v) is 5.04. The van der Waals surface area contributed by atoms with Crippen molar-refractivity contribution in [1.82, 2.24) is 10.6 Å². The summed E-state index contributed by atoms with van der Waals surface area (Å²) < 4.78 is 21.4. The number of ether oxygens (including phenoxy) is 4. The average Bonchev–Trinajstić information content (AvgIpc) is 2.72. The number of esters is 1. The van der Waals surface area contributed by atoms with Gasteiger partial charge in [0, 0.05) is 19.2 Å². The summed E-state index contributed by atoms with van der Waals surface area (Å²) in [6.45, 7) is 6.33. The van der Waals surface area contributed by atoms with Crippen molar-refractivity contribution in [2.45, 2.75) is 77.0 Å². The molecule has 1 aromatic carbocycles. The molecule has 174 valence electrons. The summed E-state index contributed by atoms with van der Waals surface area (Å²) in [4.78, 5) is 23.6. The Morgan fingerprint density at radius 3 is 2.39 bits per heavy atom. The minimum absolute atomic E-state index is 0.132. The Morgan fingerprint density at radius 2 is 1.77 bits per heavy atom. The SMILES string of the molecule is COC(=O)c1cccc(COCC(NC2CCC(NC(=O)OC(C)(C)C)CC2)OC)c1. The Hall–Kier alpha value is -2.16. The zero-order valence-electron chi connectivity index (χ0n) is 19.2. The van der Waals surface area contributed by atoms with E-state index >= 15 is 0 Å². The van der Waals surface area contributed by atoms with E-state index < -0.39 is 5.60 Å². The van der Waals surface area contributed by atoms with Gasteiger partial charge in [-0.15, -0.1) is 0 Å². The number of carbonyl (C=O) groups is 2. The first kappa shape index (κ1) is 25.1. The van der Waals surface area contributed by atoms with Gasteiger partial charge < -0.3 is 24.3 Å². The number of amides is 1. The molecule has 8 nitrogen and oxygen atoms in total. The summed E-state index contributed by atoms with van der Waals surface area (Å²) in [6, 6.07) is 7.62. The molecule has 2 N–H and O–H groups in total. The topological polar surface area (TPSA) is 95.1 Å². The molecule has 1 aliphatic rings. The molecule has 0 saturated heterocycles. The van der Waals surface area contributed by atoms with Crippen LogP contribution in [0, 0.1) is 0 Å². The molecule has 1 fully saturated rings. The van der Waals surface area contributed by atoms with E-state index in [0.717, 1.165) is 31.2 Å². The molecule has 0 bridgehead atoms. The standard InChI is InChI=1S/C23H36N2O6/c1-23(2,3)31-22(27)25-19-11-9-18(10-12-19)24-20(28-4)15-30-14-16-7-6-8-17(13-16)21(26)29-5/h6-8,13,18-20,24H,9-12,14-15H2,1-5H3,(H,25,27). The lowest BCUT2D eigenvalue weighted by Gasteiger charge is -2.32. The highest BCUT2D eigenvalue weighted by Crippen LogP contribution is 2.20. The van der Waals surface area contributed by atoms with Gasteiger partial charge in [-0.2, -0.15) is 0 Å². The first-order valence-electron chi connectivity index (χ1n) is 10.7. The highest BCUT2D eigenvalue weighted by atomic mass is 16.6. The van der Waals surface area contributed by atoms with Gasteiger partial charge in [0.15, 0.2) is 0 Å². The maximum Gasteiger partial charge on any atom is 0.407 e. The van der Waals surface area contributed by atoms with E-state index in [1.807, 2.05) is 26.8 Å². The van der Waals surface area contributed by atoms with Crippen LogP contribution in [-0.2, 0) is 25.6 Å². The molecule has 8 heteroatoms. The summed E-state index contributed by atoms with van der Waals surface area (Å²) in [6.07, 6.45) is 3.04. The van der Waals surface area contributed by atoms with Crippen LogP contribution < -0.4 is 10.6 Å². The zero-order valence-corrected chi connectivity index (χ0v) is 19.2. The number of methoxy groups -OCH3 is 2. The molecular formula is C23H36N2O6. The van der Waals surface area contributed by atoms with Gasteiger partial charge in [-0.1, -0.05) is 12.1 Å². The second-order valence-electron chi connectivity index (χ2n) is 8.79. The Labute approximate surface area is 185 Å². The molecule has 1 aliphatic carbocycles. The fourth-order valence-electron chi connectivity index (χ4n) is 3.52. The predicted molar refractivity (Wildman–Crippen MR) is 117 cm³/mol. The van der Waals surface area contributed by atoms with Crippen molar-refractivity contribution in [1.29, 1.82) is 0 Å². The van der Waals surface area contributed by atoms with Crippen LogP contribution in [0.3, 0.4) is 0 Å². The van der Waals surface area contributed by atoms with E-state index in [4.69, 9.17) is 18.9 Å². The van der Waals surface area contributed by atoms with Crippen molar-refractivity contribution in [2.75, 3.05) is 20.8 Å². The summed E-state index contributed by atoms with van der Waals surface area (Å²) in [5, 5.41) is 6.43. The smallest absolute Gasteiger partial charge is 0.407 e. The second kappa shape index (κ2) is 12.0. The lowest BCUT2D eigenvalue weighted by molar-refractivity contribution is -0.0240. The Morgan fingerprint density at radius 1 is 1.10 bits per heavy atom. The molecule has 0 radical (unpaired) electrons. The molecule has 31 heavy (non-hydrogen) atoms. The van der Waals surface area contributed by atoms with Crippen LogP contribution in [0.5, 0.6) is 0 Å². The monoisotopic (exact) mass is 436 g/mol. The molecule has 0 spiro atoms. The summed E-state index contributed by atoms with van der Waals surface area (Å²) in [5.74, 6) is -0.366. The van der Waals surface area contributed by atoms with E-state index in [2.05, 4.69) is 10.6 Å². The Balaban J connectivity index is 1.70. The lowest BCUT2D eigenvalue weighted by atomic mass is 9.91. The third kappa shape index (κ3) is 9.25. The van der Waals surface area contributed by atoms with E-state index in [1.54, 1.807) is 25.3 Å². The maximum atomic E-state index is 11.9. The number of rotatable bonds is 9. The van der Waals surface area contributed by atoms with Gasteiger partial charge in [0.2, 0.25) is 0 Å². The number of alkyl carbamates (subject to hydrolysis) is 1. The predicted octanol–water partition coefficient (Wildman–Crippen LogP) is 3.39. The van der Waals surface area contributed by atoms with Crippen molar-refractivity contribution < 1.29 is 28.5 Å². The summed E-state index contributed by atoms with van der Waals surface area (Å²) >= 11 is 0. The first-order chi connectivity index (χ1) is 14.7. The van der Waals surface area contributed by atoms with Gasteiger partial charge in [-0.25, -0.2) is 9.59 Å². The van der Waals surface area contributed by atoms with E-state index in [1.165, 1.54) is 7.11 Å². The van der Waals surface area contributed by atoms with Crippen LogP contribution in [0.2, 0.25) is 0 Å². The van der Waals surface area contributed by atoms with Gasteiger partial charge in [0.1, 0.15) is 11.8 Å². The third-order valence-electron chi connectivity index (χ3n) is 5.04. The molecule has 1 aromatic rings. The number of hydrogen-bond acceptors (Lipinski definition) is 7. The molecule has 1 unspecified atom stereocenters. The van der Waals surface area contributed by atoms with Crippen molar-refractivity contribution in [3.8, 4) is 0 Å². The first-order valence-corrected chi connectivity index (χ1v) is 10.7. The lowest BCUT2D eigenvalue weighted by Crippen LogP contribution is -2.47. The minimum atomic E-state index is -0.491. The zero-order chi connectivity index (χ0) is 22.9. The quantitative estimate of drug-likeness (QED) is 0.453. The average molecular weight is 437 g/mol. The van der Waals surface area contributed by atoms with Crippen molar-refractivity contribution >= 4 is 12.1 Å². The van der Waals surface area contributed by atoms with Gasteiger partial charge in [0.05, 0.1) is 25.9 Å². The largest absolute Gasteiger partial charge is 0.465 e. The van der Waals surface area contributed by atoms with Crippen LogP contribution in [-0.4, -0.2) is 56.8 Å². The number of nitrogens with one attached hydrogen (secondary N) is 2. The molecule has 1 amide bonds. The fraction of sp³-hybridized carbons (Fsp3) is 0.652. The number of hydrogen-bond donors (Lipinski definition) is 2. The summed E-state index contributed by atoms with van der Waals surface area (Å²) in [5.41, 5.74) is 0.906. The molecule has 0 heterocycles. The Bertz CT molecular complexity index is 710. The highest BCUT2D eigenvalue weighted by Gasteiger charge is 2.26. The highest BCUT2D eigenvalue weighted by molar-refractivity contribution is 5.89. The van der Waals surface area contributed by atoms with Crippen LogP contribution in [0.4, 0.5) is 4.79 Å². The second-order valence-corrected chi connectivity index (χ2v) is 8.79. The molecule has 1 atom stereocenters. The number of benzene rings is 1. The van der Waals surface area contributed by atoms with Crippen molar-refractivity contribution in [3.63, 3.8) is 0 Å². The normalized spacial score (nSPS) is 20.0. The molecule has 1 saturated carbocycles. The van der Waals surface area contributed by atoms with Crippen LogP contribution in [0.1, 0.15) is 62.4 Å². The summed E-state index contributed by atoms with van der Waals surface area (Å²) in [7, 11) is 3.01. The van der Waals surface area contributed by atoms with Crippen molar-refractivity contribution in [3.05, 3.63) is 35.4 Å². The Kier molecular flexibility index (Phi) is 9.74. The molecule has 0 aromatic heterocycles. The molecule has 2 rings (SSSR count). The van der Waals surface area contributed by atoms with E-state index in [0.29, 0.717) is 24.8 Å². The van der Waals surface area contributed by atoms with E-state index in [-0.39, 0.29) is 24.3 Å². The van der Waals surface area contributed by atoms with E-state index in [9.17, 15) is 9.59 Å². The van der Waals surface area contributed by atoms with Gasteiger partial charge in [-0.05, 0) is 64.2 Å². The fourth-order valence-corrected chi connectivity index (χ4v) is 3.52. The van der Waals surface area contributed by atoms with Crippen LogP contribution in [0.15, 0.2) is 24.3 Å². The van der Waals surface area contributed by atoms with Gasteiger partial charge in [0.25, 0.3) is 0 Å². The van der Waals surface area contributed by atoms with Crippen LogP contribution in [0.25, 0.3) is 0 Å². The molecule has 0 aliphatic heterocycles.